The lowest BCUT2D eigenvalue weighted by molar-refractivity contribution is 0.0602. The number of methoxy groups -OCH3 is 1. The molecule has 1 heterocycles. The van der Waals surface area contributed by atoms with Gasteiger partial charge in [-0.05, 0) is 25.1 Å². The quantitative estimate of drug-likeness (QED) is 0.655. The monoisotopic (exact) mass is 274 g/mol. The number of aromatic nitrogens is 2. The van der Waals surface area contributed by atoms with E-state index in [1.54, 1.807) is 16.8 Å². The highest BCUT2D eigenvalue weighted by molar-refractivity contribution is 5.96. The number of nitrogen functional groups attached to an aromatic ring is 1. The number of nitrogens with two attached hydrogens (primary N) is 1. The van der Waals surface area contributed by atoms with Gasteiger partial charge in [0.25, 0.3) is 0 Å². The Kier molecular flexibility index (Phi) is 3.93. The third kappa shape index (κ3) is 2.90. The van der Waals surface area contributed by atoms with Gasteiger partial charge in [0.05, 0.1) is 18.4 Å². The summed E-state index contributed by atoms with van der Waals surface area (Å²) in [7, 11) is 3.22. The molecular formula is C14H18N4O2. The lowest BCUT2D eigenvalue weighted by Gasteiger charge is -2.09. The fourth-order valence-corrected chi connectivity index (χ4v) is 1.97. The van der Waals surface area contributed by atoms with Crippen LogP contribution in [0.15, 0.2) is 24.4 Å². The summed E-state index contributed by atoms with van der Waals surface area (Å²) in [5.41, 5.74) is 9.41. The molecule has 0 aliphatic rings. The second-order valence-electron chi connectivity index (χ2n) is 4.56. The molecule has 3 N–H and O–H groups in total. The van der Waals surface area contributed by atoms with Crippen molar-refractivity contribution in [3.63, 3.8) is 0 Å². The van der Waals surface area contributed by atoms with Gasteiger partial charge in [-0.3, -0.25) is 4.68 Å². The van der Waals surface area contributed by atoms with E-state index < -0.39 is 5.97 Å². The second-order valence-corrected chi connectivity index (χ2v) is 4.56. The first-order valence-corrected chi connectivity index (χ1v) is 6.22. The highest BCUT2D eigenvalue weighted by Gasteiger charge is 2.11. The maximum atomic E-state index is 11.6. The Hall–Kier alpha value is -2.50. The average molecular weight is 274 g/mol. The number of nitrogens with zero attached hydrogens (tertiary/aromatic N) is 2. The molecule has 0 saturated carbocycles. The van der Waals surface area contributed by atoms with E-state index in [4.69, 9.17) is 10.5 Å². The van der Waals surface area contributed by atoms with Crippen molar-refractivity contribution in [2.45, 2.75) is 13.5 Å². The Morgan fingerprint density at radius 1 is 1.50 bits per heavy atom. The van der Waals surface area contributed by atoms with Crippen molar-refractivity contribution in [2.24, 2.45) is 7.05 Å². The van der Waals surface area contributed by atoms with Gasteiger partial charge in [0.2, 0.25) is 0 Å². The van der Waals surface area contributed by atoms with E-state index in [1.807, 2.05) is 26.2 Å². The van der Waals surface area contributed by atoms with Crippen LogP contribution in [0.2, 0.25) is 0 Å². The van der Waals surface area contributed by atoms with E-state index in [0.29, 0.717) is 17.8 Å². The smallest absolute Gasteiger partial charge is 0.340 e. The number of nitrogens with one attached hydrogen (secondary N) is 1. The van der Waals surface area contributed by atoms with Crippen molar-refractivity contribution in [1.82, 2.24) is 9.78 Å². The van der Waals surface area contributed by atoms with E-state index in [1.165, 1.54) is 7.11 Å². The van der Waals surface area contributed by atoms with Gasteiger partial charge in [0, 0.05) is 36.7 Å². The minimum absolute atomic E-state index is 0.361. The second kappa shape index (κ2) is 5.64. The minimum atomic E-state index is -0.441. The number of benzene rings is 1. The molecule has 0 aliphatic heterocycles. The number of hydrogen-bond acceptors (Lipinski definition) is 5. The van der Waals surface area contributed by atoms with Gasteiger partial charge >= 0.3 is 5.97 Å². The van der Waals surface area contributed by atoms with Crippen molar-refractivity contribution in [2.75, 3.05) is 18.2 Å². The number of hydrogen-bond donors (Lipinski definition) is 2. The summed E-state index contributed by atoms with van der Waals surface area (Å²) in [6.45, 7) is 2.59. The summed E-state index contributed by atoms with van der Waals surface area (Å²) in [5.74, 6) is -0.441. The van der Waals surface area contributed by atoms with Gasteiger partial charge in [-0.15, -0.1) is 0 Å². The highest BCUT2D eigenvalue weighted by atomic mass is 16.5. The molecule has 2 aromatic rings. The molecule has 0 amide bonds. The molecule has 0 atom stereocenters. The molecule has 0 aliphatic carbocycles. The summed E-state index contributed by atoms with van der Waals surface area (Å²) < 4.78 is 6.47. The molecule has 106 valence electrons. The molecule has 1 aromatic carbocycles. The van der Waals surface area contributed by atoms with E-state index in [-0.39, 0.29) is 0 Å². The summed E-state index contributed by atoms with van der Waals surface area (Å²) in [6.07, 6.45) is 1.96. The molecule has 0 radical (unpaired) electrons. The fraction of sp³-hybridized carbons (Fsp3) is 0.286. The fourth-order valence-electron chi connectivity index (χ4n) is 1.97. The van der Waals surface area contributed by atoms with Gasteiger partial charge in [-0.2, -0.15) is 5.10 Å². The van der Waals surface area contributed by atoms with Crippen molar-refractivity contribution in [3.8, 4) is 0 Å². The molecule has 0 saturated heterocycles. The number of aryl methyl sites for hydroxylation is 2. The number of rotatable bonds is 4. The normalized spacial score (nSPS) is 10.3. The standard InChI is InChI=1S/C14H18N4O2/c1-9-10(8-18(2)17-9)7-16-11-4-5-13(15)12(6-11)14(19)20-3/h4-6,8,16H,7,15H2,1-3H3. The van der Waals surface area contributed by atoms with Gasteiger partial charge < -0.3 is 15.8 Å². The first-order valence-electron chi connectivity index (χ1n) is 6.22. The Morgan fingerprint density at radius 2 is 2.25 bits per heavy atom. The Balaban J connectivity index is 2.14. The lowest BCUT2D eigenvalue weighted by atomic mass is 10.1. The zero-order valence-electron chi connectivity index (χ0n) is 11.8. The molecule has 0 spiro atoms. The number of ether oxygens (including phenoxy) is 1. The maximum absolute atomic E-state index is 11.6. The van der Waals surface area contributed by atoms with Crippen LogP contribution in [0.3, 0.4) is 0 Å². The molecule has 6 nitrogen and oxygen atoms in total. The highest BCUT2D eigenvalue weighted by Crippen LogP contribution is 2.19. The number of esters is 1. The molecule has 0 bridgehead atoms. The van der Waals surface area contributed by atoms with Crippen molar-refractivity contribution < 1.29 is 9.53 Å². The Bertz CT molecular complexity index is 634. The van der Waals surface area contributed by atoms with Crippen LogP contribution in [0.4, 0.5) is 11.4 Å². The zero-order valence-corrected chi connectivity index (χ0v) is 11.8. The predicted octanol–water partition coefficient (Wildman–Crippen LogP) is 1.71. The average Bonchev–Trinajstić information content (AvgIpc) is 2.75. The first-order chi connectivity index (χ1) is 9.51. The molecule has 2 rings (SSSR count). The molecular weight excluding hydrogens is 256 g/mol. The number of anilines is 2. The minimum Gasteiger partial charge on any atom is -0.465 e. The molecule has 0 unspecified atom stereocenters. The van der Waals surface area contributed by atoms with E-state index in [2.05, 4.69) is 10.4 Å². The summed E-state index contributed by atoms with van der Waals surface area (Å²) in [5, 5.41) is 7.52. The molecule has 20 heavy (non-hydrogen) atoms. The van der Waals surface area contributed by atoms with Crippen LogP contribution in [-0.2, 0) is 18.3 Å². The third-order valence-electron chi connectivity index (χ3n) is 3.06. The van der Waals surface area contributed by atoms with Crippen molar-refractivity contribution in [3.05, 3.63) is 41.2 Å². The number of carbonyl (C=O) groups is 1. The van der Waals surface area contributed by atoms with Crippen LogP contribution in [0.1, 0.15) is 21.6 Å². The predicted molar refractivity (Wildman–Crippen MR) is 77.5 cm³/mol. The van der Waals surface area contributed by atoms with Crippen molar-refractivity contribution in [1.29, 1.82) is 0 Å². The van der Waals surface area contributed by atoms with E-state index in [0.717, 1.165) is 16.9 Å². The van der Waals surface area contributed by atoms with Gasteiger partial charge in [-0.25, -0.2) is 4.79 Å². The maximum Gasteiger partial charge on any atom is 0.340 e. The summed E-state index contributed by atoms with van der Waals surface area (Å²) in [6, 6.07) is 5.20. The van der Waals surface area contributed by atoms with Crippen LogP contribution < -0.4 is 11.1 Å². The number of carbonyl (C=O) groups excluding carboxylic acids is 1. The van der Waals surface area contributed by atoms with Gasteiger partial charge in [0.15, 0.2) is 0 Å². The Morgan fingerprint density at radius 3 is 2.85 bits per heavy atom. The Labute approximate surface area is 117 Å². The third-order valence-corrected chi connectivity index (χ3v) is 3.06. The SMILES string of the molecule is COC(=O)c1cc(NCc2cn(C)nc2C)ccc1N. The van der Waals surface area contributed by atoms with Crippen molar-refractivity contribution >= 4 is 17.3 Å². The lowest BCUT2D eigenvalue weighted by Crippen LogP contribution is -2.07. The van der Waals surface area contributed by atoms with Crippen LogP contribution in [0, 0.1) is 6.92 Å². The molecule has 6 heteroatoms. The topological polar surface area (TPSA) is 82.2 Å². The van der Waals surface area contributed by atoms with E-state index in [9.17, 15) is 4.79 Å². The van der Waals surface area contributed by atoms with Crippen LogP contribution in [-0.4, -0.2) is 22.9 Å². The first kappa shape index (κ1) is 13.9. The van der Waals surface area contributed by atoms with Crippen LogP contribution >= 0.6 is 0 Å². The van der Waals surface area contributed by atoms with Gasteiger partial charge in [0.1, 0.15) is 0 Å². The van der Waals surface area contributed by atoms with Crippen LogP contribution in [0.5, 0.6) is 0 Å². The van der Waals surface area contributed by atoms with Gasteiger partial charge in [-0.1, -0.05) is 0 Å². The zero-order chi connectivity index (χ0) is 14.7. The molecule has 0 fully saturated rings. The summed E-state index contributed by atoms with van der Waals surface area (Å²) in [4.78, 5) is 11.6. The van der Waals surface area contributed by atoms with Crippen LogP contribution in [0.25, 0.3) is 0 Å². The summed E-state index contributed by atoms with van der Waals surface area (Å²) >= 11 is 0. The largest absolute Gasteiger partial charge is 0.465 e. The molecule has 1 aromatic heterocycles. The van der Waals surface area contributed by atoms with E-state index >= 15 is 0 Å².